The van der Waals surface area contributed by atoms with Crippen LogP contribution in [-0.2, 0) is 0 Å². The molecule has 0 aliphatic carbocycles. The van der Waals surface area contributed by atoms with Crippen molar-refractivity contribution in [2.45, 2.75) is 26.4 Å². The molecule has 0 radical (unpaired) electrons. The van der Waals surface area contributed by atoms with Crippen molar-refractivity contribution in [2.75, 3.05) is 27.3 Å². The van der Waals surface area contributed by atoms with Crippen molar-refractivity contribution in [1.82, 2.24) is 4.90 Å². The third-order valence-corrected chi connectivity index (χ3v) is 7.05. The van der Waals surface area contributed by atoms with Crippen LogP contribution < -0.4 is 14.2 Å². The van der Waals surface area contributed by atoms with E-state index in [1.807, 2.05) is 30.3 Å². The zero-order chi connectivity index (χ0) is 24.4. The zero-order valence-electron chi connectivity index (χ0n) is 21.0. The first kappa shape index (κ1) is 23.1. The van der Waals surface area contributed by atoms with Gasteiger partial charge in [0.25, 0.3) is 0 Å². The topological polar surface area (TPSA) is 30.9 Å². The van der Waals surface area contributed by atoms with Crippen molar-refractivity contribution in [3.05, 3.63) is 95.2 Å². The molecule has 3 aromatic rings. The Hall–Kier alpha value is -3.66. The van der Waals surface area contributed by atoms with Gasteiger partial charge in [0.05, 0.1) is 14.2 Å². The summed E-state index contributed by atoms with van der Waals surface area (Å²) >= 11 is 0. The minimum absolute atomic E-state index is 0.222. The quantitative estimate of drug-likeness (QED) is 0.388. The number of ether oxygens (including phenoxy) is 3. The highest BCUT2D eigenvalue weighted by atomic mass is 16.5. The predicted molar refractivity (Wildman–Crippen MR) is 143 cm³/mol. The van der Waals surface area contributed by atoms with Crippen LogP contribution in [0, 0.1) is 5.92 Å². The fourth-order valence-electron chi connectivity index (χ4n) is 5.03. The van der Waals surface area contributed by atoms with Gasteiger partial charge in [-0.05, 0) is 84.1 Å². The Morgan fingerprint density at radius 2 is 1.71 bits per heavy atom. The summed E-state index contributed by atoms with van der Waals surface area (Å²) in [6.07, 6.45) is 5.48. The van der Waals surface area contributed by atoms with Gasteiger partial charge in [-0.25, -0.2) is 0 Å². The first-order chi connectivity index (χ1) is 17.1. The Balaban J connectivity index is 1.51. The smallest absolute Gasteiger partial charge is 0.150 e. The van der Waals surface area contributed by atoms with Crippen molar-refractivity contribution >= 4 is 17.2 Å². The molecule has 0 aromatic heterocycles. The standard InChI is InChI=1S/C31H33NO3/c1-21-14-16-32(20-21)17-15-23-8-10-24(11-9-23)31-30(25-6-5-7-26(18-25)33-3)22(2)28-19-27(34-4)12-13-29(28)35-31/h5-13,15,17-19,21,31H,14,16,20H2,1-4H3/b17-15-. The Kier molecular flexibility index (Phi) is 6.54. The molecule has 3 aromatic carbocycles. The number of hydrogen-bond donors (Lipinski definition) is 0. The fraction of sp³-hybridized carbons (Fsp3) is 0.290. The molecule has 4 nitrogen and oxygen atoms in total. The number of fused-ring (bicyclic) bond motifs is 1. The van der Waals surface area contributed by atoms with Gasteiger partial charge in [-0.15, -0.1) is 0 Å². The molecule has 0 spiro atoms. The maximum atomic E-state index is 6.64. The first-order valence-corrected chi connectivity index (χ1v) is 12.3. The molecule has 2 heterocycles. The van der Waals surface area contributed by atoms with E-state index in [1.54, 1.807) is 14.2 Å². The van der Waals surface area contributed by atoms with Crippen LogP contribution in [0.4, 0.5) is 0 Å². The van der Waals surface area contributed by atoms with Crippen LogP contribution >= 0.6 is 0 Å². The maximum Gasteiger partial charge on any atom is 0.150 e. The van der Waals surface area contributed by atoms with Gasteiger partial charge in [-0.3, -0.25) is 0 Å². The molecule has 5 rings (SSSR count). The van der Waals surface area contributed by atoms with E-state index in [-0.39, 0.29) is 6.10 Å². The molecule has 0 bridgehead atoms. The van der Waals surface area contributed by atoms with Gasteiger partial charge in [0, 0.05) is 24.2 Å². The number of allylic oxidation sites excluding steroid dienone is 1. The Labute approximate surface area is 208 Å². The Morgan fingerprint density at radius 1 is 0.943 bits per heavy atom. The van der Waals surface area contributed by atoms with Gasteiger partial charge in [-0.2, -0.15) is 0 Å². The largest absolute Gasteiger partial charge is 0.497 e. The normalized spacial score (nSPS) is 19.6. The van der Waals surface area contributed by atoms with E-state index in [0.717, 1.165) is 58.5 Å². The molecule has 0 saturated carbocycles. The third kappa shape index (κ3) is 4.79. The molecule has 2 atom stereocenters. The van der Waals surface area contributed by atoms with Crippen LogP contribution in [0.5, 0.6) is 17.2 Å². The van der Waals surface area contributed by atoms with Gasteiger partial charge < -0.3 is 19.1 Å². The van der Waals surface area contributed by atoms with E-state index in [2.05, 4.69) is 67.4 Å². The summed E-state index contributed by atoms with van der Waals surface area (Å²) in [4.78, 5) is 2.40. The summed E-state index contributed by atoms with van der Waals surface area (Å²) in [5.41, 5.74) is 6.77. The number of hydrogen-bond acceptors (Lipinski definition) is 4. The van der Waals surface area contributed by atoms with Gasteiger partial charge >= 0.3 is 0 Å². The maximum absolute atomic E-state index is 6.64. The van der Waals surface area contributed by atoms with Crippen molar-refractivity contribution in [2.24, 2.45) is 5.92 Å². The van der Waals surface area contributed by atoms with E-state index in [9.17, 15) is 0 Å². The molecule has 180 valence electrons. The van der Waals surface area contributed by atoms with Gasteiger partial charge in [-0.1, -0.05) is 43.3 Å². The van der Waals surface area contributed by atoms with Crippen molar-refractivity contribution in [3.8, 4) is 17.2 Å². The highest BCUT2D eigenvalue weighted by molar-refractivity contribution is 5.96. The average molecular weight is 468 g/mol. The first-order valence-electron chi connectivity index (χ1n) is 12.3. The molecule has 4 heteroatoms. The number of rotatable bonds is 6. The van der Waals surface area contributed by atoms with Crippen LogP contribution in [-0.4, -0.2) is 32.2 Å². The van der Waals surface area contributed by atoms with Gasteiger partial charge in [0.15, 0.2) is 0 Å². The van der Waals surface area contributed by atoms with Gasteiger partial charge in [0.1, 0.15) is 23.4 Å². The second kappa shape index (κ2) is 9.91. The van der Waals surface area contributed by atoms with Crippen LogP contribution in [0.15, 0.2) is 72.9 Å². The number of nitrogens with zero attached hydrogens (tertiary/aromatic N) is 1. The summed E-state index contributed by atoms with van der Waals surface area (Å²) in [6, 6.07) is 22.9. The van der Waals surface area contributed by atoms with Crippen LogP contribution in [0.25, 0.3) is 17.2 Å². The molecule has 1 saturated heterocycles. The molecule has 2 aliphatic rings. The third-order valence-electron chi connectivity index (χ3n) is 7.05. The molecular formula is C31H33NO3. The van der Waals surface area contributed by atoms with Crippen LogP contribution in [0.2, 0.25) is 0 Å². The molecule has 2 unspecified atom stereocenters. The Bertz CT molecular complexity index is 1260. The average Bonchev–Trinajstić information content (AvgIpc) is 3.32. The lowest BCUT2D eigenvalue weighted by molar-refractivity contribution is 0.259. The zero-order valence-corrected chi connectivity index (χ0v) is 21.0. The highest BCUT2D eigenvalue weighted by Crippen LogP contribution is 2.47. The predicted octanol–water partition coefficient (Wildman–Crippen LogP) is 7.08. The monoisotopic (exact) mass is 467 g/mol. The van der Waals surface area contributed by atoms with E-state index in [0.29, 0.717) is 0 Å². The molecule has 0 amide bonds. The Morgan fingerprint density at radius 3 is 2.43 bits per heavy atom. The number of likely N-dealkylation sites (tertiary alicyclic amines) is 1. The van der Waals surface area contributed by atoms with E-state index in [4.69, 9.17) is 14.2 Å². The van der Waals surface area contributed by atoms with E-state index < -0.39 is 0 Å². The lowest BCUT2D eigenvalue weighted by atomic mass is 9.86. The van der Waals surface area contributed by atoms with E-state index >= 15 is 0 Å². The summed E-state index contributed by atoms with van der Waals surface area (Å²) < 4.78 is 17.7. The van der Waals surface area contributed by atoms with Crippen molar-refractivity contribution in [1.29, 1.82) is 0 Å². The van der Waals surface area contributed by atoms with Crippen LogP contribution in [0.1, 0.15) is 48.6 Å². The van der Waals surface area contributed by atoms with Crippen molar-refractivity contribution in [3.63, 3.8) is 0 Å². The fourth-order valence-corrected chi connectivity index (χ4v) is 5.03. The number of methoxy groups -OCH3 is 2. The molecule has 35 heavy (non-hydrogen) atoms. The molecule has 0 N–H and O–H groups in total. The highest BCUT2D eigenvalue weighted by Gasteiger charge is 2.29. The van der Waals surface area contributed by atoms with Gasteiger partial charge in [0.2, 0.25) is 0 Å². The minimum atomic E-state index is -0.222. The lowest BCUT2D eigenvalue weighted by Gasteiger charge is -2.31. The summed E-state index contributed by atoms with van der Waals surface area (Å²) in [6.45, 7) is 6.76. The molecular weight excluding hydrogens is 434 g/mol. The lowest BCUT2D eigenvalue weighted by Crippen LogP contribution is -2.16. The summed E-state index contributed by atoms with van der Waals surface area (Å²) in [5, 5.41) is 0. The SMILES string of the molecule is COc1cccc(C2=C(C)c3cc(OC)ccc3OC2c2ccc(/C=C\N3CCC(C)C3)cc2)c1. The number of benzene rings is 3. The van der Waals surface area contributed by atoms with Crippen molar-refractivity contribution < 1.29 is 14.2 Å². The molecule has 2 aliphatic heterocycles. The van der Waals surface area contributed by atoms with Crippen LogP contribution in [0.3, 0.4) is 0 Å². The summed E-state index contributed by atoms with van der Waals surface area (Å²) in [5.74, 6) is 3.29. The minimum Gasteiger partial charge on any atom is -0.497 e. The second-order valence-electron chi connectivity index (χ2n) is 9.50. The second-order valence-corrected chi connectivity index (χ2v) is 9.50. The molecule has 1 fully saturated rings. The van der Waals surface area contributed by atoms with E-state index in [1.165, 1.54) is 17.6 Å². The summed E-state index contributed by atoms with van der Waals surface area (Å²) in [7, 11) is 3.39.